The molecule has 1 aliphatic rings. The zero-order valence-electron chi connectivity index (χ0n) is 10.1. The molecule has 0 saturated heterocycles. The van der Waals surface area contributed by atoms with Gasteiger partial charge in [-0.15, -0.1) is 0 Å². The Kier molecular flexibility index (Phi) is 3.64. The molecule has 0 aromatic heterocycles. The first-order valence-electron chi connectivity index (χ1n) is 5.73. The second-order valence-electron chi connectivity index (χ2n) is 4.14. The molecular weight excluding hydrogens is 218 g/mol. The van der Waals surface area contributed by atoms with Crippen molar-refractivity contribution in [3.63, 3.8) is 0 Å². The minimum atomic E-state index is -0.441. The van der Waals surface area contributed by atoms with E-state index in [0.29, 0.717) is 11.8 Å². The van der Waals surface area contributed by atoms with E-state index >= 15 is 0 Å². The molecule has 17 heavy (non-hydrogen) atoms. The van der Waals surface area contributed by atoms with Gasteiger partial charge in [-0.25, -0.2) is 4.79 Å². The molecule has 1 aromatic rings. The molecule has 4 nitrogen and oxygen atoms in total. The highest BCUT2D eigenvalue weighted by Crippen LogP contribution is 2.29. The van der Waals surface area contributed by atoms with Crippen molar-refractivity contribution in [2.45, 2.75) is 24.9 Å². The van der Waals surface area contributed by atoms with Crippen molar-refractivity contribution in [2.24, 2.45) is 0 Å². The molecular formula is C13H17NO3. The number of hydrogen-bond donors (Lipinski definition) is 1. The molecule has 1 saturated carbocycles. The van der Waals surface area contributed by atoms with Gasteiger partial charge < -0.3 is 9.47 Å². The fraction of sp³-hybridized carbons (Fsp3) is 0.462. The molecule has 0 amide bonds. The van der Waals surface area contributed by atoms with Crippen molar-refractivity contribution < 1.29 is 14.3 Å². The summed E-state index contributed by atoms with van der Waals surface area (Å²) in [6, 6.07) is 7.49. The Morgan fingerprint density at radius 2 is 2.06 bits per heavy atom. The second-order valence-corrected chi connectivity index (χ2v) is 4.14. The number of benzene rings is 1. The summed E-state index contributed by atoms with van der Waals surface area (Å²) < 4.78 is 10.1. The number of para-hydroxylation sites is 1. The number of methoxy groups -OCH3 is 2. The van der Waals surface area contributed by atoms with Gasteiger partial charge in [-0.1, -0.05) is 18.2 Å². The fourth-order valence-corrected chi connectivity index (χ4v) is 1.79. The SMILES string of the molecule is COC(=O)C(NC1CC1)c1ccccc1OC. The van der Waals surface area contributed by atoms with Gasteiger partial charge in [-0.3, -0.25) is 5.32 Å². The number of rotatable bonds is 5. The molecule has 0 radical (unpaired) electrons. The smallest absolute Gasteiger partial charge is 0.327 e. The average Bonchev–Trinajstić information content (AvgIpc) is 3.19. The van der Waals surface area contributed by atoms with Gasteiger partial charge in [0.05, 0.1) is 14.2 Å². The van der Waals surface area contributed by atoms with Crippen molar-refractivity contribution in [1.82, 2.24) is 5.32 Å². The lowest BCUT2D eigenvalue weighted by Gasteiger charge is -2.18. The zero-order valence-corrected chi connectivity index (χ0v) is 10.1. The van der Waals surface area contributed by atoms with Crippen LogP contribution in [0, 0.1) is 0 Å². The van der Waals surface area contributed by atoms with Crippen LogP contribution >= 0.6 is 0 Å². The number of carbonyl (C=O) groups excluding carboxylic acids is 1. The monoisotopic (exact) mass is 235 g/mol. The summed E-state index contributed by atoms with van der Waals surface area (Å²) >= 11 is 0. The van der Waals surface area contributed by atoms with Gasteiger partial charge in [0.1, 0.15) is 11.8 Å². The third-order valence-corrected chi connectivity index (χ3v) is 2.87. The minimum absolute atomic E-state index is 0.276. The van der Waals surface area contributed by atoms with Crippen LogP contribution in [0.1, 0.15) is 24.4 Å². The Morgan fingerprint density at radius 3 is 2.65 bits per heavy atom. The molecule has 0 heterocycles. The number of hydrogen-bond acceptors (Lipinski definition) is 4. The summed E-state index contributed by atoms with van der Waals surface area (Å²) in [6.45, 7) is 0. The molecule has 2 rings (SSSR count). The normalized spacial score (nSPS) is 16.4. The van der Waals surface area contributed by atoms with E-state index in [1.54, 1.807) is 7.11 Å². The van der Waals surface area contributed by atoms with E-state index in [9.17, 15) is 4.79 Å². The number of esters is 1. The standard InChI is InChI=1S/C13H17NO3/c1-16-11-6-4-3-5-10(11)12(13(15)17-2)14-9-7-8-9/h3-6,9,12,14H,7-8H2,1-2H3. The van der Waals surface area contributed by atoms with Crippen LogP contribution in [0.4, 0.5) is 0 Å². The molecule has 1 unspecified atom stereocenters. The Morgan fingerprint density at radius 1 is 1.35 bits per heavy atom. The van der Waals surface area contributed by atoms with E-state index in [0.717, 1.165) is 18.4 Å². The summed E-state index contributed by atoms with van der Waals surface area (Å²) in [7, 11) is 3.00. The summed E-state index contributed by atoms with van der Waals surface area (Å²) in [5.74, 6) is 0.428. The maximum absolute atomic E-state index is 11.8. The van der Waals surface area contributed by atoms with Gasteiger partial charge in [0, 0.05) is 11.6 Å². The van der Waals surface area contributed by atoms with Gasteiger partial charge in [-0.2, -0.15) is 0 Å². The van der Waals surface area contributed by atoms with Gasteiger partial charge in [0.2, 0.25) is 0 Å². The second kappa shape index (κ2) is 5.19. The number of carbonyl (C=O) groups is 1. The zero-order chi connectivity index (χ0) is 12.3. The van der Waals surface area contributed by atoms with E-state index in [1.807, 2.05) is 24.3 Å². The maximum atomic E-state index is 11.8. The highest BCUT2D eigenvalue weighted by atomic mass is 16.5. The van der Waals surface area contributed by atoms with E-state index in [2.05, 4.69) is 5.32 Å². The Hall–Kier alpha value is -1.55. The predicted molar refractivity (Wildman–Crippen MR) is 63.9 cm³/mol. The molecule has 0 aliphatic heterocycles. The van der Waals surface area contributed by atoms with Crippen LogP contribution in [0.25, 0.3) is 0 Å². The van der Waals surface area contributed by atoms with E-state index in [-0.39, 0.29) is 5.97 Å². The molecule has 1 aromatic carbocycles. The molecule has 1 aliphatic carbocycles. The molecule has 0 spiro atoms. The van der Waals surface area contributed by atoms with Crippen LogP contribution in [-0.4, -0.2) is 26.2 Å². The van der Waals surface area contributed by atoms with Crippen molar-refractivity contribution in [3.05, 3.63) is 29.8 Å². The summed E-state index contributed by atoms with van der Waals surface area (Å²) in [5, 5.41) is 3.28. The first kappa shape index (κ1) is 11.9. The molecule has 0 bridgehead atoms. The van der Waals surface area contributed by atoms with Gasteiger partial charge in [0.25, 0.3) is 0 Å². The lowest BCUT2D eigenvalue weighted by Crippen LogP contribution is -2.31. The Labute approximate surface area is 101 Å². The molecule has 4 heteroatoms. The van der Waals surface area contributed by atoms with Crippen LogP contribution in [0.15, 0.2) is 24.3 Å². The molecule has 1 N–H and O–H groups in total. The van der Waals surface area contributed by atoms with Gasteiger partial charge >= 0.3 is 5.97 Å². The average molecular weight is 235 g/mol. The van der Waals surface area contributed by atoms with Crippen LogP contribution in [0.3, 0.4) is 0 Å². The first-order chi connectivity index (χ1) is 8.26. The lowest BCUT2D eigenvalue weighted by atomic mass is 10.1. The maximum Gasteiger partial charge on any atom is 0.327 e. The number of nitrogens with one attached hydrogen (secondary N) is 1. The van der Waals surface area contributed by atoms with Crippen molar-refractivity contribution in [2.75, 3.05) is 14.2 Å². The third kappa shape index (κ3) is 2.77. The van der Waals surface area contributed by atoms with Crippen LogP contribution in [0.2, 0.25) is 0 Å². The summed E-state index contributed by atoms with van der Waals surface area (Å²) in [5.41, 5.74) is 0.828. The molecule has 1 atom stereocenters. The minimum Gasteiger partial charge on any atom is -0.496 e. The van der Waals surface area contributed by atoms with Gasteiger partial charge in [-0.05, 0) is 18.9 Å². The van der Waals surface area contributed by atoms with Crippen LogP contribution in [-0.2, 0) is 9.53 Å². The largest absolute Gasteiger partial charge is 0.496 e. The van der Waals surface area contributed by atoms with Crippen LogP contribution in [0.5, 0.6) is 5.75 Å². The fourth-order valence-electron chi connectivity index (χ4n) is 1.79. The Bertz CT molecular complexity index is 401. The third-order valence-electron chi connectivity index (χ3n) is 2.87. The van der Waals surface area contributed by atoms with Crippen molar-refractivity contribution >= 4 is 5.97 Å². The van der Waals surface area contributed by atoms with E-state index in [1.165, 1.54) is 7.11 Å². The lowest BCUT2D eigenvalue weighted by molar-refractivity contribution is -0.143. The quantitative estimate of drug-likeness (QED) is 0.788. The number of ether oxygens (including phenoxy) is 2. The topological polar surface area (TPSA) is 47.6 Å². The van der Waals surface area contributed by atoms with Crippen LogP contribution < -0.4 is 10.1 Å². The van der Waals surface area contributed by atoms with E-state index in [4.69, 9.17) is 9.47 Å². The highest BCUT2D eigenvalue weighted by molar-refractivity contribution is 5.78. The van der Waals surface area contributed by atoms with Crippen molar-refractivity contribution in [1.29, 1.82) is 0 Å². The first-order valence-corrected chi connectivity index (χ1v) is 5.73. The predicted octanol–water partition coefficient (Wildman–Crippen LogP) is 1.66. The Balaban J connectivity index is 2.26. The van der Waals surface area contributed by atoms with Crippen molar-refractivity contribution in [3.8, 4) is 5.75 Å². The molecule has 1 fully saturated rings. The van der Waals surface area contributed by atoms with E-state index < -0.39 is 6.04 Å². The van der Waals surface area contributed by atoms with Gasteiger partial charge in [0.15, 0.2) is 0 Å². The highest BCUT2D eigenvalue weighted by Gasteiger charge is 2.31. The molecule has 92 valence electrons. The summed E-state index contributed by atoms with van der Waals surface area (Å²) in [4.78, 5) is 11.8. The summed E-state index contributed by atoms with van der Waals surface area (Å²) in [6.07, 6.45) is 2.23.